The van der Waals surface area contributed by atoms with Crippen molar-refractivity contribution in [2.45, 2.75) is 33.1 Å². The van der Waals surface area contributed by atoms with Crippen molar-refractivity contribution >= 4 is 0 Å². The van der Waals surface area contributed by atoms with Crippen molar-refractivity contribution < 1.29 is 5.11 Å². The Labute approximate surface area is 75.4 Å². The van der Waals surface area contributed by atoms with E-state index < -0.39 is 0 Å². The van der Waals surface area contributed by atoms with Crippen LogP contribution in [0.4, 0.5) is 0 Å². The zero-order valence-electron chi connectivity index (χ0n) is 8.27. The van der Waals surface area contributed by atoms with Gasteiger partial charge in [0.2, 0.25) is 0 Å². The van der Waals surface area contributed by atoms with Gasteiger partial charge in [0, 0.05) is 19.7 Å². The SMILES string of the molecule is CC.OCCC1CC2(CNC2)C1. The highest BCUT2D eigenvalue weighted by Gasteiger charge is 2.47. The van der Waals surface area contributed by atoms with E-state index >= 15 is 0 Å². The lowest BCUT2D eigenvalue weighted by Gasteiger charge is -2.54. The molecule has 2 heteroatoms. The third-order valence-corrected chi connectivity index (χ3v) is 2.98. The Morgan fingerprint density at radius 3 is 2.25 bits per heavy atom. The van der Waals surface area contributed by atoms with Crippen LogP contribution in [0.5, 0.6) is 0 Å². The first-order valence-corrected chi connectivity index (χ1v) is 5.16. The molecule has 2 fully saturated rings. The first-order chi connectivity index (χ1) is 5.85. The van der Waals surface area contributed by atoms with E-state index in [-0.39, 0.29) is 0 Å². The van der Waals surface area contributed by atoms with Crippen molar-refractivity contribution in [1.82, 2.24) is 5.32 Å². The second-order valence-electron chi connectivity index (χ2n) is 3.89. The maximum atomic E-state index is 8.65. The first-order valence-electron chi connectivity index (χ1n) is 5.16. The minimum absolute atomic E-state index is 0.383. The molecule has 2 aliphatic rings. The van der Waals surface area contributed by atoms with E-state index in [2.05, 4.69) is 5.32 Å². The van der Waals surface area contributed by atoms with Gasteiger partial charge in [0.1, 0.15) is 0 Å². The zero-order valence-corrected chi connectivity index (χ0v) is 8.27. The molecule has 0 aromatic carbocycles. The van der Waals surface area contributed by atoms with Gasteiger partial charge in [-0.05, 0) is 30.6 Å². The Hall–Kier alpha value is -0.0800. The maximum absolute atomic E-state index is 8.65. The second kappa shape index (κ2) is 4.24. The van der Waals surface area contributed by atoms with Crippen LogP contribution in [0.3, 0.4) is 0 Å². The number of aliphatic hydroxyl groups excluding tert-OH is 1. The molecule has 2 rings (SSSR count). The van der Waals surface area contributed by atoms with Gasteiger partial charge >= 0.3 is 0 Å². The van der Waals surface area contributed by atoms with E-state index in [1.165, 1.54) is 25.9 Å². The molecule has 0 unspecified atom stereocenters. The van der Waals surface area contributed by atoms with Crippen molar-refractivity contribution in [3.63, 3.8) is 0 Å². The molecule has 1 heterocycles. The smallest absolute Gasteiger partial charge is 0.0433 e. The summed E-state index contributed by atoms with van der Waals surface area (Å²) in [5, 5.41) is 12.0. The monoisotopic (exact) mass is 171 g/mol. The molecular formula is C10H21NO. The van der Waals surface area contributed by atoms with Gasteiger partial charge in [-0.2, -0.15) is 0 Å². The van der Waals surface area contributed by atoms with E-state index in [1.807, 2.05) is 13.8 Å². The molecular weight excluding hydrogens is 150 g/mol. The minimum atomic E-state index is 0.383. The van der Waals surface area contributed by atoms with Crippen LogP contribution in [0, 0.1) is 11.3 Å². The third kappa shape index (κ3) is 1.80. The molecule has 0 aromatic rings. The quantitative estimate of drug-likeness (QED) is 0.658. The largest absolute Gasteiger partial charge is 0.396 e. The number of aliphatic hydroxyl groups is 1. The van der Waals surface area contributed by atoms with Crippen LogP contribution in [0.15, 0.2) is 0 Å². The summed E-state index contributed by atoms with van der Waals surface area (Å²) in [5.74, 6) is 0.840. The molecule has 2 N–H and O–H groups in total. The van der Waals surface area contributed by atoms with Crippen LogP contribution in [-0.2, 0) is 0 Å². The predicted molar refractivity (Wildman–Crippen MR) is 51.1 cm³/mol. The lowest BCUT2D eigenvalue weighted by Crippen LogP contribution is -2.60. The van der Waals surface area contributed by atoms with E-state index in [1.54, 1.807) is 0 Å². The predicted octanol–water partition coefficient (Wildman–Crippen LogP) is 1.39. The molecule has 1 aliphatic carbocycles. The average Bonchev–Trinajstić information content (AvgIpc) is 1.96. The van der Waals surface area contributed by atoms with E-state index in [0.29, 0.717) is 12.0 Å². The van der Waals surface area contributed by atoms with Crippen molar-refractivity contribution in [2.24, 2.45) is 11.3 Å². The Balaban J connectivity index is 0.000000336. The summed E-state index contributed by atoms with van der Waals surface area (Å²) in [6, 6.07) is 0. The minimum Gasteiger partial charge on any atom is -0.396 e. The Morgan fingerprint density at radius 1 is 1.33 bits per heavy atom. The fourth-order valence-corrected chi connectivity index (χ4v) is 2.32. The van der Waals surface area contributed by atoms with Gasteiger partial charge < -0.3 is 10.4 Å². The zero-order chi connectivity index (χ0) is 9.03. The van der Waals surface area contributed by atoms with Gasteiger partial charge in [-0.15, -0.1) is 0 Å². The number of rotatable bonds is 2. The molecule has 0 atom stereocenters. The number of hydrogen-bond acceptors (Lipinski definition) is 2. The van der Waals surface area contributed by atoms with Gasteiger partial charge in [-0.25, -0.2) is 0 Å². The molecule has 72 valence electrons. The van der Waals surface area contributed by atoms with Crippen LogP contribution in [0.1, 0.15) is 33.1 Å². The fraction of sp³-hybridized carbons (Fsp3) is 1.00. The van der Waals surface area contributed by atoms with Gasteiger partial charge in [0.05, 0.1) is 0 Å². The molecule has 1 saturated heterocycles. The summed E-state index contributed by atoms with van der Waals surface area (Å²) in [7, 11) is 0. The maximum Gasteiger partial charge on any atom is 0.0433 e. The fourth-order valence-electron chi connectivity index (χ4n) is 2.32. The Bertz CT molecular complexity index is 124. The summed E-state index contributed by atoms with van der Waals surface area (Å²) in [4.78, 5) is 0. The molecule has 0 amide bonds. The third-order valence-electron chi connectivity index (χ3n) is 2.98. The van der Waals surface area contributed by atoms with E-state index in [4.69, 9.17) is 5.11 Å². The van der Waals surface area contributed by atoms with Crippen LogP contribution >= 0.6 is 0 Å². The van der Waals surface area contributed by atoms with Crippen LogP contribution in [0.2, 0.25) is 0 Å². The normalized spacial score (nSPS) is 25.2. The van der Waals surface area contributed by atoms with Crippen LogP contribution < -0.4 is 5.32 Å². The molecule has 12 heavy (non-hydrogen) atoms. The summed E-state index contributed by atoms with van der Waals surface area (Å²) in [6.07, 6.45) is 3.75. The topological polar surface area (TPSA) is 32.3 Å². The van der Waals surface area contributed by atoms with Crippen molar-refractivity contribution in [2.75, 3.05) is 19.7 Å². The molecule has 0 bridgehead atoms. The highest BCUT2D eigenvalue weighted by Crippen LogP contribution is 2.49. The molecule has 1 spiro atoms. The summed E-state index contributed by atoms with van der Waals surface area (Å²) < 4.78 is 0. The van der Waals surface area contributed by atoms with Crippen LogP contribution in [0.25, 0.3) is 0 Å². The number of nitrogens with one attached hydrogen (secondary N) is 1. The highest BCUT2D eigenvalue weighted by atomic mass is 16.3. The van der Waals surface area contributed by atoms with Gasteiger partial charge in [0.15, 0.2) is 0 Å². The lowest BCUT2D eigenvalue weighted by molar-refractivity contribution is -0.00973. The van der Waals surface area contributed by atoms with E-state index in [0.717, 1.165) is 12.3 Å². The lowest BCUT2D eigenvalue weighted by atomic mass is 9.58. The Kier molecular flexibility index (Phi) is 3.53. The molecule has 1 aliphatic heterocycles. The number of hydrogen-bond donors (Lipinski definition) is 2. The summed E-state index contributed by atoms with van der Waals surface area (Å²) in [6.45, 7) is 6.85. The molecule has 2 nitrogen and oxygen atoms in total. The first kappa shape index (κ1) is 10.0. The van der Waals surface area contributed by atoms with Crippen molar-refractivity contribution in [3.8, 4) is 0 Å². The highest BCUT2D eigenvalue weighted by molar-refractivity contribution is 5.02. The van der Waals surface area contributed by atoms with Crippen molar-refractivity contribution in [1.29, 1.82) is 0 Å². The average molecular weight is 171 g/mol. The van der Waals surface area contributed by atoms with Gasteiger partial charge in [-0.3, -0.25) is 0 Å². The van der Waals surface area contributed by atoms with E-state index in [9.17, 15) is 0 Å². The Morgan fingerprint density at radius 2 is 1.92 bits per heavy atom. The molecule has 1 saturated carbocycles. The summed E-state index contributed by atoms with van der Waals surface area (Å²) in [5.41, 5.74) is 0.694. The standard InChI is InChI=1S/C8H15NO.C2H6/c10-2-1-7-3-8(4-7)5-9-6-8;1-2/h7,9-10H,1-6H2;1-2H3. The van der Waals surface area contributed by atoms with Crippen LogP contribution in [-0.4, -0.2) is 24.8 Å². The second-order valence-corrected chi connectivity index (χ2v) is 3.89. The molecule has 0 aromatic heterocycles. The van der Waals surface area contributed by atoms with Crippen molar-refractivity contribution in [3.05, 3.63) is 0 Å². The molecule has 0 radical (unpaired) electrons. The summed E-state index contributed by atoms with van der Waals surface area (Å²) >= 11 is 0. The van der Waals surface area contributed by atoms with Gasteiger partial charge in [0.25, 0.3) is 0 Å². The van der Waals surface area contributed by atoms with Gasteiger partial charge in [-0.1, -0.05) is 13.8 Å².